The van der Waals surface area contributed by atoms with E-state index in [1.54, 1.807) is 30.3 Å². The number of carbonyl (C=O) groups excluding carboxylic acids is 1. The molecule has 0 aliphatic heterocycles. The minimum atomic E-state index is -0.493. The van der Waals surface area contributed by atoms with Crippen molar-refractivity contribution in [1.29, 1.82) is 5.26 Å². The highest BCUT2D eigenvalue weighted by Gasteiger charge is 2.11. The van der Waals surface area contributed by atoms with E-state index in [1.807, 2.05) is 6.07 Å². The van der Waals surface area contributed by atoms with Crippen molar-refractivity contribution >= 4 is 29.1 Å². The van der Waals surface area contributed by atoms with Gasteiger partial charge < -0.3 is 0 Å². The second-order valence-corrected chi connectivity index (χ2v) is 5.14. The van der Waals surface area contributed by atoms with Crippen molar-refractivity contribution in [1.82, 2.24) is 0 Å². The van der Waals surface area contributed by atoms with Gasteiger partial charge in [0.15, 0.2) is 0 Å². The molecule has 0 aromatic heterocycles. The Bertz CT molecular complexity index is 878. The third-order valence-corrected chi connectivity index (χ3v) is 3.40. The summed E-state index contributed by atoms with van der Waals surface area (Å²) in [5, 5.41) is 20.6. The van der Waals surface area contributed by atoms with E-state index in [4.69, 9.17) is 16.9 Å². The van der Waals surface area contributed by atoms with E-state index in [9.17, 15) is 14.9 Å². The number of nitro groups is 1. The van der Waals surface area contributed by atoms with Crippen molar-refractivity contribution in [3.63, 3.8) is 0 Å². The molecule has 0 bridgehead atoms. The Morgan fingerprint density at radius 1 is 1.17 bits per heavy atom. The molecule has 2 aromatic rings. The van der Waals surface area contributed by atoms with Gasteiger partial charge in [0.25, 0.3) is 5.69 Å². The second kappa shape index (κ2) is 7.86. The third kappa shape index (κ3) is 4.15. The maximum atomic E-state index is 12.2. The van der Waals surface area contributed by atoms with Crippen LogP contribution in [0.5, 0.6) is 0 Å². The van der Waals surface area contributed by atoms with E-state index >= 15 is 0 Å². The average Bonchev–Trinajstić information content (AvgIpc) is 2.59. The predicted octanol–water partition coefficient (Wildman–Crippen LogP) is 4.59. The lowest BCUT2D eigenvalue weighted by atomic mass is 10.0. The predicted molar refractivity (Wildman–Crippen MR) is 91.6 cm³/mol. The quantitative estimate of drug-likeness (QED) is 0.199. The Kier molecular flexibility index (Phi) is 5.61. The highest BCUT2D eigenvalue weighted by molar-refractivity contribution is 6.30. The number of Topliss-reactive ketones (excluding diaryl/α,β-unsaturated/α-hetero) is 1. The van der Waals surface area contributed by atoms with Gasteiger partial charge in [-0.05, 0) is 42.5 Å². The molecule has 0 heterocycles. The number of ketones is 1. The smallest absolute Gasteiger partial charge is 0.276 e. The van der Waals surface area contributed by atoms with Gasteiger partial charge in [0.1, 0.15) is 6.07 Å². The highest BCUT2D eigenvalue weighted by atomic mass is 35.5. The first-order valence-electron chi connectivity index (χ1n) is 6.85. The molecule has 0 saturated carbocycles. The molecule has 0 saturated heterocycles. The summed E-state index contributed by atoms with van der Waals surface area (Å²) >= 11 is 5.76. The van der Waals surface area contributed by atoms with Gasteiger partial charge in [0.05, 0.1) is 16.1 Å². The van der Waals surface area contributed by atoms with Gasteiger partial charge >= 0.3 is 0 Å². The summed E-state index contributed by atoms with van der Waals surface area (Å²) in [7, 11) is 0. The number of halogens is 1. The Morgan fingerprint density at radius 2 is 1.83 bits per heavy atom. The first-order valence-corrected chi connectivity index (χ1v) is 7.23. The van der Waals surface area contributed by atoms with Crippen LogP contribution in [0.1, 0.15) is 15.9 Å². The Labute approximate surface area is 143 Å². The fourth-order valence-electron chi connectivity index (χ4n) is 1.96. The minimum absolute atomic E-state index is 0.0512. The van der Waals surface area contributed by atoms with Gasteiger partial charge in [-0.3, -0.25) is 14.9 Å². The number of allylic oxidation sites excluding steroid dienone is 3. The van der Waals surface area contributed by atoms with Crippen LogP contribution in [0.3, 0.4) is 0 Å². The van der Waals surface area contributed by atoms with Crippen molar-refractivity contribution < 1.29 is 9.72 Å². The molecule has 24 heavy (non-hydrogen) atoms. The molecule has 0 N–H and O–H groups in total. The minimum Gasteiger partial charge on any atom is -0.288 e. The van der Waals surface area contributed by atoms with Crippen molar-refractivity contribution in [3.8, 4) is 6.07 Å². The Balaban J connectivity index is 2.26. The highest BCUT2D eigenvalue weighted by Crippen LogP contribution is 2.19. The van der Waals surface area contributed by atoms with Crippen LogP contribution >= 0.6 is 11.6 Å². The monoisotopic (exact) mass is 338 g/mol. The number of nitriles is 1. The van der Waals surface area contributed by atoms with Crippen LogP contribution in [0.4, 0.5) is 5.69 Å². The Morgan fingerprint density at radius 3 is 2.46 bits per heavy atom. The number of nitro benzene ring substituents is 1. The third-order valence-electron chi connectivity index (χ3n) is 3.14. The van der Waals surface area contributed by atoms with Crippen LogP contribution in [-0.4, -0.2) is 10.7 Å². The molecule has 0 amide bonds. The molecule has 0 fully saturated rings. The summed E-state index contributed by atoms with van der Waals surface area (Å²) < 4.78 is 0. The summed E-state index contributed by atoms with van der Waals surface area (Å²) in [5.41, 5.74) is 0.595. The van der Waals surface area contributed by atoms with Gasteiger partial charge in [-0.25, -0.2) is 0 Å². The first-order chi connectivity index (χ1) is 11.5. The fraction of sp³-hybridized carbons (Fsp3) is 0. The largest absolute Gasteiger partial charge is 0.288 e. The number of hydrogen-bond donors (Lipinski definition) is 0. The van der Waals surface area contributed by atoms with Crippen molar-refractivity contribution in [2.45, 2.75) is 0 Å². The van der Waals surface area contributed by atoms with Crippen molar-refractivity contribution in [2.24, 2.45) is 0 Å². The van der Waals surface area contributed by atoms with Crippen LogP contribution in [-0.2, 0) is 0 Å². The summed E-state index contributed by atoms with van der Waals surface area (Å²) in [5.74, 6) is -0.443. The summed E-state index contributed by atoms with van der Waals surface area (Å²) in [4.78, 5) is 22.7. The lowest BCUT2D eigenvalue weighted by Crippen LogP contribution is -2.01. The van der Waals surface area contributed by atoms with E-state index in [2.05, 4.69) is 0 Å². The number of benzene rings is 2. The van der Waals surface area contributed by atoms with Gasteiger partial charge in [-0.2, -0.15) is 5.26 Å². The number of carbonyl (C=O) groups is 1. The lowest BCUT2D eigenvalue weighted by Gasteiger charge is -1.99. The molecule has 118 valence electrons. The second-order valence-electron chi connectivity index (χ2n) is 4.70. The summed E-state index contributed by atoms with van der Waals surface area (Å²) in [6.07, 6.45) is 4.24. The zero-order valence-electron chi connectivity index (χ0n) is 12.3. The molecule has 0 spiro atoms. The van der Waals surface area contributed by atoms with Crippen molar-refractivity contribution in [2.75, 3.05) is 0 Å². The molecule has 6 heteroatoms. The zero-order valence-corrected chi connectivity index (χ0v) is 13.1. The van der Waals surface area contributed by atoms with E-state index in [-0.39, 0.29) is 11.3 Å². The van der Waals surface area contributed by atoms with Crippen molar-refractivity contribution in [3.05, 3.63) is 92.5 Å². The average molecular weight is 339 g/mol. The molecule has 5 nitrogen and oxygen atoms in total. The van der Waals surface area contributed by atoms with E-state index < -0.39 is 10.7 Å². The Hall–Kier alpha value is -3.23. The van der Waals surface area contributed by atoms with E-state index in [0.717, 1.165) is 0 Å². The topological polar surface area (TPSA) is 84.0 Å². The van der Waals surface area contributed by atoms with Gasteiger partial charge in [0, 0.05) is 16.7 Å². The van der Waals surface area contributed by atoms with E-state index in [0.29, 0.717) is 16.1 Å². The van der Waals surface area contributed by atoms with Crippen LogP contribution in [0.25, 0.3) is 6.08 Å². The number of rotatable bonds is 5. The van der Waals surface area contributed by atoms with Crippen LogP contribution in [0.2, 0.25) is 5.02 Å². The lowest BCUT2D eigenvalue weighted by molar-refractivity contribution is -0.385. The first kappa shape index (κ1) is 17.1. The van der Waals surface area contributed by atoms with Gasteiger partial charge in [-0.15, -0.1) is 0 Å². The summed E-state index contributed by atoms with van der Waals surface area (Å²) in [6.45, 7) is 0. The molecule has 0 atom stereocenters. The molecule has 0 unspecified atom stereocenters. The van der Waals surface area contributed by atoms with Gasteiger partial charge in [0.2, 0.25) is 5.78 Å². The fourth-order valence-corrected chi connectivity index (χ4v) is 2.09. The maximum absolute atomic E-state index is 12.2. The van der Waals surface area contributed by atoms with Crippen LogP contribution in [0, 0.1) is 21.4 Å². The SMILES string of the molecule is N#C/C(=C\C=C\c1ccccc1[N+](=O)[O-])C(=O)c1ccc(Cl)cc1. The van der Waals surface area contributed by atoms with Gasteiger partial charge in [-0.1, -0.05) is 29.8 Å². The molecule has 2 rings (SSSR count). The molecule has 0 radical (unpaired) electrons. The summed E-state index contributed by atoms with van der Waals surface area (Å²) in [6, 6.07) is 14.2. The number of hydrogen-bond acceptors (Lipinski definition) is 4. The molecule has 0 aliphatic carbocycles. The molecule has 0 aliphatic rings. The zero-order chi connectivity index (χ0) is 17.5. The standard InChI is InChI=1S/C18H11ClN2O3/c19-16-10-8-14(9-11-16)18(22)15(12-20)6-3-5-13-4-1-2-7-17(13)21(23)24/h1-11H/b5-3+,15-6+. The maximum Gasteiger partial charge on any atom is 0.276 e. The number of nitrogens with zero attached hydrogens (tertiary/aromatic N) is 2. The molecular weight excluding hydrogens is 328 g/mol. The van der Waals surface area contributed by atoms with Crippen LogP contribution < -0.4 is 0 Å². The number of para-hydroxylation sites is 1. The van der Waals surface area contributed by atoms with Crippen LogP contribution in [0.15, 0.2) is 66.3 Å². The van der Waals surface area contributed by atoms with E-state index in [1.165, 1.54) is 36.4 Å². The normalized spacial score (nSPS) is 11.2. The molecular formula is C18H11ClN2O3. The molecule has 2 aromatic carbocycles.